The average molecular weight is 362 g/mol. The maximum absolute atomic E-state index is 5.54. The highest BCUT2D eigenvalue weighted by Gasteiger charge is 2.24. The number of morpholine rings is 1. The third-order valence-corrected chi connectivity index (χ3v) is 6.86. The molecule has 25 heavy (non-hydrogen) atoms. The van der Waals surface area contributed by atoms with Crippen molar-refractivity contribution in [3.05, 3.63) is 16.3 Å². The molecule has 1 N–H and O–H groups in total. The summed E-state index contributed by atoms with van der Waals surface area (Å²) in [4.78, 5) is 16.6. The molecule has 6 heteroatoms. The lowest BCUT2D eigenvalue weighted by Gasteiger charge is -2.29. The van der Waals surface area contributed by atoms with Crippen molar-refractivity contribution in [2.24, 2.45) is 5.92 Å². The maximum Gasteiger partial charge on any atom is 0.187 e. The number of fused-ring (bicyclic) bond motifs is 1. The molecule has 0 radical (unpaired) electrons. The van der Waals surface area contributed by atoms with Crippen LogP contribution >= 0.6 is 11.3 Å². The molecular weight excluding hydrogens is 332 g/mol. The molecule has 4 rings (SSSR count). The van der Waals surface area contributed by atoms with Crippen LogP contribution in [0, 0.1) is 19.8 Å². The second-order valence-electron chi connectivity index (χ2n) is 7.64. The van der Waals surface area contributed by atoms with E-state index in [1.165, 1.54) is 41.8 Å². The van der Waals surface area contributed by atoms with Crippen LogP contribution in [0.3, 0.4) is 0 Å². The molecule has 0 saturated carbocycles. The van der Waals surface area contributed by atoms with Crippen LogP contribution in [0.5, 0.6) is 0 Å². The van der Waals surface area contributed by atoms with Gasteiger partial charge in [0.1, 0.15) is 17.2 Å². The zero-order chi connectivity index (χ0) is 17.4. The first-order valence-electron chi connectivity index (χ1n) is 9.54. The quantitative estimate of drug-likeness (QED) is 0.908. The molecule has 2 saturated heterocycles. The first-order valence-corrected chi connectivity index (χ1v) is 10.4. The Kier molecular flexibility index (Phi) is 4.93. The first-order chi connectivity index (χ1) is 12.1. The van der Waals surface area contributed by atoms with E-state index >= 15 is 0 Å². The lowest BCUT2D eigenvalue weighted by molar-refractivity contribution is -0.920. The van der Waals surface area contributed by atoms with Crippen molar-refractivity contribution in [2.45, 2.75) is 40.2 Å². The molecular formula is C19H29N4OS+. The molecule has 0 bridgehead atoms. The Balaban J connectivity index is 1.68. The molecule has 2 aromatic heterocycles. The molecule has 0 amide bonds. The number of aromatic nitrogens is 2. The van der Waals surface area contributed by atoms with E-state index in [4.69, 9.17) is 14.7 Å². The minimum atomic E-state index is 0.790. The summed E-state index contributed by atoms with van der Waals surface area (Å²) < 4.78 is 5.54. The molecule has 0 atom stereocenters. The van der Waals surface area contributed by atoms with Crippen LogP contribution in [0.25, 0.3) is 10.2 Å². The zero-order valence-electron chi connectivity index (χ0n) is 15.6. The Hall–Kier alpha value is -1.24. The molecule has 5 nitrogen and oxygen atoms in total. The van der Waals surface area contributed by atoms with Gasteiger partial charge in [0.15, 0.2) is 5.82 Å². The number of ether oxygens (including phenoxy) is 1. The third kappa shape index (κ3) is 3.52. The number of hydrogen-bond acceptors (Lipinski definition) is 5. The number of anilines is 1. The standard InChI is InChI=1S/C19H28N4OS/c1-13-4-6-22(7-5-13)12-16-20-18(23-8-10-24-11-9-23)17-14(2)15(3)25-19(17)21-16/h13H,4-12H2,1-3H3/p+1. The van der Waals surface area contributed by atoms with Gasteiger partial charge in [0.25, 0.3) is 0 Å². The zero-order valence-corrected chi connectivity index (χ0v) is 16.4. The number of piperidine rings is 1. The van der Waals surface area contributed by atoms with E-state index in [1.54, 1.807) is 4.90 Å². The third-order valence-electron chi connectivity index (χ3n) is 5.76. The van der Waals surface area contributed by atoms with Gasteiger partial charge in [0, 0.05) is 18.0 Å². The summed E-state index contributed by atoms with van der Waals surface area (Å²) in [5.74, 6) is 3.02. The van der Waals surface area contributed by atoms with E-state index < -0.39 is 0 Å². The Bertz CT molecular complexity index is 745. The predicted molar refractivity (Wildman–Crippen MR) is 103 cm³/mol. The van der Waals surface area contributed by atoms with E-state index in [0.717, 1.165) is 55.2 Å². The lowest BCUT2D eigenvalue weighted by Crippen LogP contribution is -3.11. The molecule has 0 aliphatic carbocycles. The molecule has 4 heterocycles. The van der Waals surface area contributed by atoms with Crippen molar-refractivity contribution in [3.63, 3.8) is 0 Å². The predicted octanol–water partition coefficient (Wildman–Crippen LogP) is 1.96. The Labute approximate surface area is 154 Å². The molecule has 2 fully saturated rings. The maximum atomic E-state index is 5.54. The number of nitrogens with one attached hydrogen (secondary N) is 1. The summed E-state index contributed by atoms with van der Waals surface area (Å²) in [5, 5.41) is 1.26. The number of rotatable bonds is 3. The Morgan fingerprint density at radius 3 is 2.60 bits per heavy atom. The fraction of sp³-hybridized carbons (Fsp3) is 0.684. The summed E-state index contributed by atoms with van der Waals surface area (Å²) in [6.45, 7) is 13.7. The number of quaternary nitrogens is 1. The molecule has 2 aromatic rings. The fourth-order valence-corrected chi connectivity index (χ4v) is 4.97. The van der Waals surface area contributed by atoms with Crippen molar-refractivity contribution in [1.29, 1.82) is 0 Å². The van der Waals surface area contributed by atoms with Crippen LogP contribution in [0.1, 0.15) is 36.0 Å². The normalized spacial score (nSPS) is 24.8. The number of nitrogens with zero attached hydrogens (tertiary/aromatic N) is 3. The van der Waals surface area contributed by atoms with Crippen molar-refractivity contribution < 1.29 is 9.64 Å². The molecule has 0 spiro atoms. The second-order valence-corrected chi connectivity index (χ2v) is 8.84. The van der Waals surface area contributed by atoms with Crippen LogP contribution in [0.15, 0.2) is 0 Å². The smallest absolute Gasteiger partial charge is 0.187 e. The highest BCUT2D eigenvalue weighted by Crippen LogP contribution is 2.35. The second kappa shape index (κ2) is 7.17. The van der Waals surface area contributed by atoms with E-state index in [2.05, 4.69) is 25.7 Å². The van der Waals surface area contributed by atoms with Gasteiger partial charge in [-0.1, -0.05) is 6.92 Å². The van der Waals surface area contributed by atoms with E-state index in [1.807, 2.05) is 11.3 Å². The minimum Gasteiger partial charge on any atom is -0.378 e. The first kappa shape index (κ1) is 17.2. The Morgan fingerprint density at radius 1 is 1.16 bits per heavy atom. The van der Waals surface area contributed by atoms with Crippen LogP contribution in [0.4, 0.5) is 5.82 Å². The SMILES string of the molecule is Cc1sc2nc(C[NH+]3CCC(C)CC3)nc(N3CCOCC3)c2c1C. The number of likely N-dealkylation sites (tertiary alicyclic amines) is 1. The summed E-state index contributed by atoms with van der Waals surface area (Å²) in [5.41, 5.74) is 1.34. The van der Waals surface area contributed by atoms with E-state index in [9.17, 15) is 0 Å². The molecule has 2 aliphatic heterocycles. The van der Waals surface area contributed by atoms with Crippen molar-refractivity contribution >= 4 is 27.4 Å². The van der Waals surface area contributed by atoms with Crippen LogP contribution in [0.2, 0.25) is 0 Å². The fourth-order valence-electron chi connectivity index (χ4n) is 3.93. The van der Waals surface area contributed by atoms with Gasteiger partial charge in [-0.3, -0.25) is 0 Å². The summed E-state index contributed by atoms with van der Waals surface area (Å²) in [7, 11) is 0. The average Bonchev–Trinajstić information content (AvgIpc) is 2.91. The summed E-state index contributed by atoms with van der Waals surface area (Å²) in [6, 6.07) is 0. The summed E-state index contributed by atoms with van der Waals surface area (Å²) in [6.07, 6.45) is 2.65. The van der Waals surface area contributed by atoms with Crippen LogP contribution in [-0.4, -0.2) is 49.4 Å². The van der Waals surface area contributed by atoms with Gasteiger partial charge in [-0.15, -0.1) is 11.3 Å². The van der Waals surface area contributed by atoms with Gasteiger partial charge in [-0.05, 0) is 38.2 Å². The molecule has 0 unspecified atom stereocenters. The van der Waals surface area contributed by atoms with E-state index in [-0.39, 0.29) is 0 Å². The van der Waals surface area contributed by atoms with Gasteiger partial charge in [-0.2, -0.15) is 0 Å². The van der Waals surface area contributed by atoms with Gasteiger partial charge in [0.05, 0.1) is 31.7 Å². The Morgan fingerprint density at radius 2 is 1.88 bits per heavy atom. The monoisotopic (exact) mass is 361 g/mol. The molecule has 2 aliphatic rings. The number of hydrogen-bond donors (Lipinski definition) is 1. The number of aryl methyl sites for hydroxylation is 2. The van der Waals surface area contributed by atoms with Crippen LogP contribution < -0.4 is 9.80 Å². The topological polar surface area (TPSA) is 42.7 Å². The van der Waals surface area contributed by atoms with Gasteiger partial charge in [0.2, 0.25) is 0 Å². The van der Waals surface area contributed by atoms with Gasteiger partial charge < -0.3 is 14.5 Å². The van der Waals surface area contributed by atoms with Crippen molar-refractivity contribution in [2.75, 3.05) is 44.3 Å². The minimum absolute atomic E-state index is 0.790. The molecule has 0 aromatic carbocycles. The highest BCUT2D eigenvalue weighted by molar-refractivity contribution is 7.18. The summed E-state index contributed by atoms with van der Waals surface area (Å²) >= 11 is 1.82. The molecule has 136 valence electrons. The number of thiophene rings is 1. The van der Waals surface area contributed by atoms with E-state index in [0.29, 0.717) is 0 Å². The van der Waals surface area contributed by atoms with Crippen molar-refractivity contribution in [1.82, 2.24) is 9.97 Å². The lowest BCUT2D eigenvalue weighted by atomic mass is 9.99. The van der Waals surface area contributed by atoms with Gasteiger partial charge in [-0.25, -0.2) is 9.97 Å². The highest BCUT2D eigenvalue weighted by atomic mass is 32.1. The largest absolute Gasteiger partial charge is 0.378 e. The van der Waals surface area contributed by atoms with Crippen molar-refractivity contribution in [3.8, 4) is 0 Å². The van der Waals surface area contributed by atoms with Gasteiger partial charge >= 0.3 is 0 Å². The van der Waals surface area contributed by atoms with Crippen LogP contribution in [-0.2, 0) is 11.3 Å².